The van der Waals surface area contributed by atoms with Crippen LogP contribution in [0.25, 0.3) is 0 Å². The lowest BCUT2D eigenvalue weighted by Crippen LogP contribution is -1.88. The van der Waals surface area contributed by atoms with Crippen LogP contribution in [0, 0.1) is 0 Å². The molecule has 0 fully saturated rings. The third-order valence-electron chi connectivity index (χ3n) is 2.15. The maximum absolute atomic E-state index is 5.70. The SMILES string of the molecule is Nc1ccc(CSc2ccc(Br)cn2)c(Br)c1. The summed E-state index contributed by atoms with van der Waals surface area (Å²) in [5.74, 6) is 0.871. The van der Waals surface area contributed by atoms with Crippen LogP contribution < -0.4 is 5.73 Å². The fraction of sp³-hybridized carbons (Fsp3) is 0.0833. The number of nitrogens with two attached hydrogens (primary N) is 1. The summed E-state index contributed by atoms with van der Waals surface area (Å²) in [7, 11) is 0. The molecule has 2 nitrogen and oxygen atoms in total. The predicted molar refractivity (Wildman–Crippen MR) is 80.1 cm³/mol. The highest BCUT2D eigenvalue weighted by atomic mass is 79.9. The third-order valence-corrected chi connectivity index (χ3v) is 4.35. The second kappa shape index (κ2) is 5.89. The highest BCUT2D eigenvalue weighted by Crippen LogP contribution is 2.27. The van der Waals surface area contributed by atoms with Gasteiger partial charge in [0.25, 0.3) is 0 Å². The molecule has 0 aliphatic heterocycles. The zero-order valence-electron chi connectivity index (χ0n) is 8.86. The molecule has 0 radical (unpaired) electrons. The van der Waals surface area contributed by atoms with Crippen LogP contribution in [0.4, 0.5) is 5.69 Å². The topological polar surface area (TPSA) is 38.9 Å². The number of pyridine rings is 1. The summed E-state index contributed by atoms with van der Waals surface area (Å²) in [4.78, 5) is 4.32. The Kier molecular flexibility index (Phi) is 4.48. The molecule has 0 aliphatic rings. The lowest BCUT2D eigenvalue weighted by molar-refractivity contribution is 1.12. The molecule has 2 N–H and O–H groups in total. The minimum absolute atomic E-state index is 0.771. The number of aromatic nitrogens is 1. The molecule has 17 heavy (non-hydrogen) atoms. The molecule has 2 aromatic rings. The Morgan fingerprint density at radius 3 is 2.65 bits per heavy atom. The van der Waals surface area contributed by atoms with Crippen molar-refractivity contribution in [2.75, 3.05) is 5.73 Å². The Hall–Kier alpha value is -0.520. The number of halogens is 2. The number of hydrogen-bond acceptors (Lipinski definition) is 3. The molecule has 0 aliphatic carbocycles. The standard InChI is InChI=1S/C12H10Br2N2S/c13-9-2-4-12(16-6-9)17-7-8-1-3-10(15)5-11(8)14/h1-6H,7,15H2. The molecule has 0 spiro atoms. The summed E-state index contributed by atoms with van der Waals surface area (Å²) < 4.78 is 2.04. The van der Waals surface area contributed by atoms with E-state index in [2.05, 4.69) is 36.8 Å². The summed E-state index contributed by atoms with van der Waals surface area (Å²) in [5, 5.41) is 1.01. The summed E-state index contributed by atoms with van der Waals surface area (Å²) >= 11 is 8.58. The second-order valence-corrected chi connectivity index (χ2v) is 6.22. The smallest absolute Gasteiger partial charge is 0.0963 e. The van der Waals surface area contributed by atoms with Gasteiger partial charge in [0.05, 0.1) is 5.03 Å². The molecule has 0 unspecified atom stereocenters. The highest BCUT2D eigenvalue weighted by Gasteiger charge is 2.02. The van der Waals surface area contributed by atoms with E-state index in [1.165, 1.54) is 5.56 Å². The molecule has 1 aromatic heterocycles. The number of hydrogen-bond donors (Lipinski definition) is 1. The van der Waals surface area contributed by atoms with E-state index < -0.39 is 0 Å². The van der Waals surface area contributed by atoms with Gasteiger partial charge in [0.2, 0.25) is 0 Å². The highest BCUT2D eigenvalue weighted by molar-refractivity contribution is 9.10. The van der Waals surface area contributed by atoms with E-state index in [1.807, 2.05) is 30.3 Å². The first-order valence-electron chi connectivity index (χ1n) is 4.93. The maximum atomic E-state index is 5.70. The molecule has 1 aromatic carbocycles. The molecule has 5 heteroatoms. The summed E-state index contributed by atoms with van der Waals surface area (Å²) in [6.07, 6.45) is 1.81. The lowest BCUT2D eigenvalue weighted by Gasteiger charge is -2.05. The van der Waals surface area contributed by atoms with Crippen molar-refractivity contribution in [1.29, 1.82) is 0 Å². The van der Waals surface area contributed by atoms with Crippen LogP contribution >= 0.6 is 43.6 Å². The zero-order valence-corrected chi connectivity index (χ0v) is 12.8. The number of anilines is 1. The molecule has 0 saturated heterocycles. The number of nitrogens with zero attached hydrogens (tertiary/aromatic N) is 1. The quantitative estimate of drug-likeness (QED) is 0.636. The first kappa shape index (κ1) is 12.9. The van der Waals surface area contributed by atoms with Crippen LogP contribution in [0.3, 0.4) is 0 Å². The van der Waals surface area contributed by atoms with Gasteiger partial charge in [0.1, 0.15) is 0 Å². The van der Waals surface area contributed by atoms with Gasteiger partial charge in [-0.15, -0.1) is 11.8 Å². The van der Waals surface area contributed by atoms with Gasteiger partial charge >= 0.3 is 0 Å². The van der Waals surface area contributed by atoms with Gasteiger partial charge in [0, 0.05) is 26.6 Å². The van der Waals surface area contributed by atoms with Crippen LogP contribution in [0.2, 0.25) is 0 Å². The fourth-order valence-electron chi connectivity index (χ4n) is 1.28. The largest absolute Gasteiger partial charge is 0.399 e. The molecular weight excluding hydrogens is 364 g/mol. The van der Waals surface area contributed by atoms with Crippen molar-refractivity contribution in [2.45, 2.75) is 10.8 Å². The second-order valence-electron chi connectivity index (χ2n) is 3.45. The van der Waals surface area contributed by atoms with Gasteiger partial charge in [-0.25, -0.2) is 4.98 Å². The third kappa shape index (κ3) is 3.72. The van der Waals surface area contributed by atoms with Crippen molar-refractivity contribution in [1.82, 2.24) is 4.98 Å². The average Bonchev–Trinajstić information content (AvgIpc) is 2.30. The van der Waals surface area contributed by atoms with E-state index in [9.17, 15) is 0 Å². The summed E-state index contributed by atoms with van der Waals surface area (Å²) in [5.41, 5.74) is 7.68. The van der Waals surface area contributed by atoms with Crippen molar-refractivity contribution < 1.29 is 0 Å². The normalized spacial score (nSPS) is 10.5. The predicted octanol–water partition coefficient (Wildman–Crippen LogP) is 4.48. The van der Waals surface area contributed by atoms with E-state index in [1.54, 1.807) is 18.0 Å². The zero-order chi connectivity index (χ0) is 12.3. The first-order chi connectivity index (χ1) is 8.15. The van der Waals surface area contributed by atoms with Crippen molar-refractivity contribution in [3.05, 3.63) is 51.0 Å². The van der Waals surface area contributed by atoms with Gasteiger partial charge in [-0.1, -0.05) is 22.0 Å². The van der Waals surface area contributed by atoms with Gasteiger partial charge in [-0.3, -0.25) is 0 Å². The van der Waals surface area contributed by atoms with Crippen LogP contribution in [0.5, 0.6) is 0 Å². The van der Waals surface area contributed by atoms with Crippen LogP contribution in [-0.4, -0.2) is 4.98 Å². The Morgan fingerprint density at radius 1 is 1.18 bits per heavy atom. The number of nitrogen functional groups attached to an aromatic ring is 1. The fourth-order valence-corrected chi connectivity index (χ4v) is 3.08. The van der Waals surface area contributed by atoms with Gasteiger partial charge in [-0.05, 0) is 45.8 Å². The Morgan fingerprint density at radius 2 is 2.00 bits per heavy atom. The van der Waals surface area contributed by atoms with E-state index in [0.717, 1.165) is 25.4 Å². The monoisotopic (exact) mass is 372 g/mol. The van der Waals surface area contributed by atoms with Crippen LogP contribution in [0.15, 0.2) is 50.5 Å². The lowest BCUT2D eigenvalue weighted by atomic mass is 10.2. The van der Waals surface area contributed by atoms with Crippen LogP contribution in [-0.2, 0) is 5.75 Å². The number of rotatable bonds is 3. The minimum atomic E-state index is 0.771. The molecule has 0 atom stereocenters. The molecule has 1 heterocycles. The van der Waals surface area contributed by atoms with E-state index >= 15 is 0 Å². The van der Waals surface area contributed by atoms with Crippen molar-refractivity contribution in [3.8, 4) is 0 Å². The van der Waals surface area contributed by atoms with Crippen molar-refractivity contribution in [2.24, 2.45) is 0 Å². The van der Waals surface area contributed by atoms with E-state index in [0.29, 0.717) is 0 Å². The van der Waals surface area contributed by atoms with Gasteiger partial charge in [0.15, 0.2) is 0 Å². The molecule has 0 bridgehead atoms. The average molecular weight is 374 g/mol. The van der Waals surface area contributed by atoms with E-state index in [-0.39, 0.29) is 0 Å². The molecule has 0 saturated carbocycles. The van der Waals surface area contributed by atoms with Crippen molar-refractivity contribution in [3.63, 3.8) is 0 Å². The molecule has 0 amide bonds. The molecular formula is C12H10Br2N2S. The Balaban J connectivity index is 2.04. The summed E-state index contributed by atoms with van der Waals surface area (Å²) in [6, 6.07) is 9.86. The molecule has 88 valence electrons. The molecule has 2 rings (SSSR count). The van der Waals surface area contributed by atoms with E-state index in [4.69, 9.17) is 5.73 Å². The van der Waals surface area contributed by atoms with Gasteiger partial charge in [-0.2, -0.15) is 0 Å². The summed E-state index contributed by atoms with van der Waals surface area (Å²) in [6.45, 7) is 0. The minimum Gasteiger partial charge on any atom is -0.399 e. The number of benzene rings is 1. The Labute approximate surface area is 121 Å². The maximum Gasteiger partial charge on any atom is 0.0963 e. The van der Waals surface area contributed by atoms with Crippen LogP contribution in [0.1, 0.15) is 5.56 Å². The number of thioether (sulfide) groups is 1. The first-order valence-corrected chi connectivity index (χ1v) is 7.50. The Bertz CT molecular complexity index is 514. The van der Waals surface area contributed by atoms with Crippen molar-refractivity contribution >= 4 is 49.3 Å². The van der Waals surface area contributed by atoms with Gasteiger partial charge < -0.3 is 5.73 Å².